The highest BCUT2D eigenvalue weighted by atomic mass is 16.3. The van der Waals surface area contributed by atoms with Crippen LogP contribution in [0.5, 0.6) is 0 Å². The third-order valence-electron chi connectivity index (χ3n) is 6.28. The summed E-state index contributed by atoms with van der Waals surface area (Å²) in [4.78, 5) is 19.2. The molecule has 6 heteroatoms. The van der Waals surface area contributed by atoms with Crippen molar-refractivity contribution in [2.45, 2.75) is 71.6 Å². The van der Waals surface area contributed by atoms with Gasteiger partial charge in [0.25, 0.3) is 0 Å². The van der Waals surface area contributed by atoms with E-state index >= 15 is 0 Å². The minimum atomic E-state index is -0.273. The number of carbonyl (C=O) groups excluding carboxylic acids is 1. The van der Waals surface area contributed by atoms with Gasteiger partial charge in [0, 0.05) is 38.0 Å². The Morgan fingerprint density at radius 1 is 1.24 bits per heavy atom. The molecule has 2 aliphatic rings. The van der Waals surface area contributed by atoms with E-state index < -0.39 is 0 Å². The fraction of sp³-hybridized carbons (Fsp3) is 0.652. The third kappa shape index (κ3) is 5.72. The molecular formula is C23H36N4O2. The molecule has 1 aromatic carbocycles. The van der Waals surface area contributed by atoms with Gasteiger partial charge in [-0.05, 0) is 37.3 Å². The fourth-order valence-electron chi connectivity index (χ4n) is 4.28. The van der Waals surface area contributed by atoms with Crippen molar-refractivity contribution in [1.29, 1.82) is 0 Å². The van der Waals surface area contributed by atoms with E-state index in [1.807, 2.05) is 24.0 Å². The molecule has 2 unspecified atom stereocenters. The molecule has 1 aliphatic carbocycles. The maximum Gasteiger partial charge on any atom is 0.223 e. The van der Waals surface area contributed by atoms with Crippen molar-refractivity contribution in [3.8, 4) is 0 Å². The highest BCUT2D eigenvalue weighted by Crippen LogP contribution is 2.36. The molecule has 29 heavy (non-hydrogen) atoms. The van der Waals surface area contributed by atoms with Crippen molar-refractivity contribution < 1.29 is 9.90 Å². The minimum absolute atomic E-state index is 0.138. The predicted octanol–water partition coefficient (Wildman–Crippen LogP) is 2.81. The van der Waals surface area contributed by atoms with Crippen LogP contribution in [-0.2, 0) is 17.9 Å². The van der Waals surface area contributed by atoms with Crippen LogP contribution in [0.15, 0.2) is 29.3 Å². The second-order valence-electron chi connectivity index (χ2n) is 8.66. The summed E-state index contributed by atoms with van der Waals surface area (Å²) in [6, 6.07) is 8.27. The van der Waals surface area contributed by atoms with Crippen molar-refractivity contribution in [3.05, 3.63) is 35.4 Å². The van der Waals surface area contributed by atoms with Gasteiger partial charge in [-0.15, -0.1) is 0 Å². The number of fused-ring (bicyclic) bond motifs is 1. The Hall–Kier alpha value is -2.08. The number of aliphatic hydroxyl groups excluding tert-OH is 1. The van der Waals surface area contributed by atoms with Gasteiger partial charge in [0.15, 0.2) is 5.96 Å². The number of amides is 1. The van der Waals surface area contributed by atoms with Gasteiger partial charge < -0.3 is 20.6 Å². The van der Waals surface area contributed by atoms with E-state index in [2.05, 4.69) is 29.7 Å². The second-order valence-corrected chi connectivity index (χ2v) is 8.66. The first-order chi connectivity index (χ1) is 14.0. The van der Waals surface area contributed by atoms with Gasteiger partial charge in [0.1, 0.15) is 0 Å². The standard InChI is InChI=1S/C23H36N4O2/c1-3-24-22(26-17-23(2)13-7-6-11-20(23)28)25-14-8-12-21(29)27-15-18-9-4-5-10-19(18)16-27/h4-5,9-10,20,28H,3,6-8,11-17H2,1-2H3,(H2,24,25,26). The number of rotatable bonds is 7. The first-order valence-electron chi connectivity index (χ1n) is 11.1. The average Bonchev–Trinajstić information content (AvgIpc) is 3.16. The number of carbonyl (C=O) groups is 1. The monoisotopic (exact) mass is 400 g/mol. The van der Waals surface area contributed by atoms with E-state index in [4.69, 9.17) is 4.99 Å². The Morgan fingerprint density at radius 2 is 1.97 bits per heavy atom. The van der Waals surface area contributed by atoms with Crippen LogP contribution in [0.25, 0.3) is 0 Å². The second kappa shape index (κ2) is 10.1. The SMILES string of the molecule is CCNC(=NCC1(C)CCCCC1O)NCCCC(=O)N1Cc2ccccc2C1. The predicted molar refractivity (Wildman–Crippen MR) is 116 cm³/mol. The zero-order valence-corrected chi connectivity index (χ0v) is 17.9. The summed E-state index contributed by atoms with van der Waals surface area (Å²) in [7, 11) is 0. The lowest BCUT2D eigenvalue weighted by Crippen LogP contribution is -2.42. The lowest BCUT2D eigenvalue weighted by atomic mass is 9.73. The first kappa shape index (κ1) is 21.6. The Bertz CT molecular complexity index is 696. The lowest BCUT2D eigenvalue weighted by Gasteiger charge is -2.37. The molecule has 0 aromatic heterocycles. The molecule has 1 aliphatic heterocycles. The Morgan fingerprint density at radius 3 is 2.62 bits per heavy atom. The molecule has 1 heterocycles. The summed E-state index contributed by atoms with van der Waals surface area (Å²) < 4.78 is 0. The topological polar surface area (TPSA) is 77.0 Å². The smallest absolute Gasteiger partial charge is 0.223 e. The molecule has 0 bridgehead atoms. The van der Waals surface area contributed by atoms with Gasteiger partial charge in [-0.3, -0.25) is 9.79 Å². The zero-order chi connectivity index (χ0) is 20.7. The largest absolute Gasteiger partial charge is 0.392 e. The number of hydrogen-bond acceptors (Lipinski definition) is 3. The number of guanidine groups is 1. The molecule has 1 aromatic rings. The maximum atomic E-state index is 12.5. The molecular weight excluding hydrogens is 364 g/mol. The van der Waals surface area contributed by atoms with Gasteiger partial charge in [-0.1, -0.05) is 44.0 Å². The zero-order valence-electron chi connectivity index (χ0n) is 17.9. The number of nitrogens with zero attached hydrogens (tertiary/aromatic N) is 2. The molecule has 1 fully saturated rings. The van der Waals surface area contributed by atoms with Crippen LogP contribution in [-0.4, -0.2) is 47.6 Å². The molecule has 1 amide bonds. The summed E-state index contributed by atoms with van der Waals surface area (Å²) in [6.45, 7) is 7.75. The number of aliphatic imine (C=N–C) groups is 1. The van der Waals surface area contributed by atoms with Crippen LogP contribution in [0.4, 0.5) is 0 Å². The van der Waals surface area contributed by atoms with Gasteiger partial charge >= 0.3 is 0 Å². The van der Waals surface area contributed by atoms with Crippen LogP contribution in [0, 0.1) is 5.41 Å². The van der Waals surface area contributed by atoms with E-state index in [9.17, 15) is 9.90 Å². The van der Waals surface area contributed by atoms with Crippen molar-refractivity contribution in [1.82, 2.24) is 15.5 Å². The van der Waals surface area contributed by atoms with Crippen LogP contribution in [0.3, 0.4) is 0 Å². The summed E-state index contributed by atoms with van der Waals surface area (Å²) in [5, 5.41) is 17.0. The Labute approximate surface area is 174 Å². The molecule has 1 saturated carbocycles. The van der Waals surface area contributed by atoms with Crippen LogP contribution < -0.4 is 10.6 Å². The van der Waals surface area contributed by atoms with Crippen molar-refractivity contribution >= 4 is 11.9 Å². The normalized spacial score (nSPS) is 24.3. The van der Waals surface area contributed by atoms with Gasteiger partial charge in [0.2, 0.25) is 5.91 Å². The summed E-state index contributed by atoms with van der Waals surface area (Å²) in [5.41, 5.74) is 2.39. The van der Waals surface area contributed by atoms with Crippen LogP contribution >= 0.6 is 0 Å². The summed E-state index contributed by atoms with van der Waals surface area (Å²) in [6.07, 6.45) is 5.20. The molecule has 3 rings (SSSR count). The molecule has 6 nitrogen and oxygen atoms in total. The first-order valence-corrected chi connectivity index (χ1v) is 11.1. The summed E-state index contributed by atoms with van der Waals surface area (Å²) >= 11 is 0. The quantitative estimate of drug-likeness (QED) is 0.374. The van der Waals surface area contributed by atoms with Crippen molar-refractivity contribution in [2.75, 3.05) is 19.6 Å². The summed E-state index contributed by atoms with van der Waals surface area (Å²) in [5.74, 6) is 0.982. The van der Waals surface area contributed by atoms with E-state index in [1.54, 1.807) is 0 Å². The number of nitrogens with one attached hydrogen (secondary N) is 2. The molecule has 2 atom stereocenters. The minimum Gasteiger partial charge on any atom is -0.392 e. The van der Waals surface area contributed by atoms with E-state index in [0.717, 1.165) is 57.7 Å². The van der Waals surface area contributed by atoms with Gasteiger partial charge in [-0.25, -0.2) is 0 Å². The van der Waals surface area contributed by atoms with E-state index in [1.165, 1.54) is 11.1 Å². The van der Waals surface area contributed by atoms with Crippen molar-refractivity contribution in [3.63, 3.8) is 0 Å². The average molecular weight is 401 g/mol. The molecule has 3 N–H and O–H groups in total. The van der Waals surface area contributed by atoms with Gasteiger partial charge in [-0.2, -0.15) is 0 Å². The van der Waals surface area contributed by atoms with Crippen LogP contribution in [0.2, 0.25) is 0 Å². The highest BCUT2D eigenvalue weighted by molar-refractivity contribution is 5.80. The number of hydrogen-bond donors (Lipinski definition) is 3. The van der Waals surface area contributed by atoms with E-state index in [0.29, 0.717) is 19.5 Å². The molecule has 160 valence electrons. The molecule has 0 spiro atoms. The lowest BCUT2D eigenvalue weighted by molar-refractivity contribution is -0.131. The number of benzene rings is 1. The third-order valence-corrected chi connectivity index (χ3v) is 6.28. The number of aliphatic hydroxyl groups is 1. The fourth-order valence-corrected chi connectivity index (χ4v) is 4.28. The maximum absolute atomic E-state index is 12.5. The molecule has 0 radical (unpaired) electrons. The molecule has 0 saturated heterocycles. The Balaban J connectivity index is 1.42. The van der Waals surface area contributed by atoms with Crippen molar-refractivity contribution in [2.24, 2.45) is 10.4 Å². The van der Waals surface area contributed by atoms with E-state index in [-0.39, 0.29) is 17.4 Å². The van der Waals surface area contributed by atoms with Crippen LogP contribution in [0.1, 0.15) is 63.5 Å². The highest BCUT2D eigenvalue weighted by Gasteiger charge is 2.35. The Kier molecular flexibility index (Phi) is 7.53. The van der Waals surface area contributed by atoms with Gasteiger partial charge in [0.05, 0.1) is 12.6 Å².